The zero-order chi connectivity index (χ0) is 31.9. The van der Waals surface area contributed by atoms with Crippen LogP contribution in [0.25, 0.3) is 0 Å². The van der Waals surface area contributed by atoms with E-state index >= 15 is 0 Å². The average Bonchev–Trinajstić information content (AvgIpc) is 3.53. The molecule has 0 bridgehead atoms. The van der Waals surface area contributed by atoms with Gasteiger partial charge in [-0.1, -0.05) is 60.7 Å². The first-order valence-electron chi connectivity index (χ1n) is 14.0. The molecule has 0 aromatic heterocycles. The van der Waals surface area contributed by atoms with E-state index in [0.717, 1.165) is 21.7 Å². The molecule has 44 heavy (non-hydrogen) atoms. The molecule has 12 nitrogen and oxygen atoms in total. The highest BCUT2D eigenvalue weighted by Crippen LogP contribution is 2.22. The van der Waals surface area contributed by atoms with E-state index in [4.69, 9.17) is 0 Å². The van der Waals surface area contributed by atoms with Crippen molar-refractivity contribution < 1.29 is 27.9 Å². The van der Waals surface area contributed by atoms with E-state index in [9.17, 15) is 27.9 Å². The number of aliphatic hydroxyl groups is 1. The molecule has 0 radical (unpaired) electrons. The molecular formula is C31H36N6O6S. The van der Waals surface area contributed by atoms with Gasteiger partial charge in [-0.3, -0.25) is 29.0 Å². The number of carbonyl (C=O) groups is 3. The number of anilines is 1. The summed E-state index contributed by atoms with van der Waals surface area (Å²) in [7, 11) is -2.43. The van der Waals surface area contributed by atoms with Gasteiger partial charge in [0, 0.05) is 24.7 Å². The Balaban J connectivity index is 1.64. The third-order valence-corrected chi connectivity index (χ3v) is 8.34. The van der Waals surface area contributed by atoms with Crippen molar-refractivity contribution in [2.45, 2.75) is 31.5 Å². The molecule has 1 aliphatic rings. The van der Waals surface area contributed by atoms with Gasteiger partial charge in [-0.15, -0.1) is 0 Å². The summed E-state index contributed by atoms with van der Waals surface area (Å²) in [5.74, 6) is -1.78. The fourth-order valence-electron chi connectivity index (χ4n) is 4.57. The van der Waals surface area contributed by atoms with Crippen molar-refractivity contribution >= 4 is 39.4 Å². The molecule has 0 aliphatic carbocycles. The molecule has 13 heteroatoms. The minimum atomic E-state index is -3.75. The van der Waals surface area contributed by atoms with Crippen LogP contribution in [0.4, 0.5) is 5.69 Å². The smallest absolute Gasteiger partial charge is 0.257 e. The maximum atomic E-state index is 13.7. The van der Waals surface area contributed by atoms with Crippen molar-refractivity contribution in [3.63, 3.8) is 0 Å². The summed E-state index contributed by atoms with van der Waals surface area (Å²) in [4.78, 5) is 44.0. The summed E-state index contributed by atoms with van der Waals surface area (Å²) in [6, 6.07) is 20.9. The highest BCUT2D eigenvalue weighted by molar-refractivity contribution is 7.92. The molecule has 3 aromatic carbocycles. The Labute approximate surface area is 256 Å². The summed E-state index contributed by atoms with van der Waals surface area (Å²) in [6.07, 6.45) is -0.558. The monoisotopic (exact) mass is 620 g/mol. The molecule has 232 valence electrons. The molecule has 3 unspecified atom stereocenters. The van der Waals surface area contributed by atoms with Crippen molar-refractivity contribution in [2.24, 2.45) is 4.99 Å². The van der Waals surface area contributed by atoms with Crippen LogP contribution in [0.2, 0.25) is 0 Å². The normalized spacial score (nSPS) is 14.8. The van der Waals surface area contributed by atoms with E-state index in [0.29, 0.717) is 13.1 Å². The standard InChI is InChI=1S/C31H36N6O6S/c1-20(22-12-8-5-9-13-22)34-28(39)23-17-24(19-25(18-23)37(2)44(3,42)43)29(40)35-26(16-21-10-6-4-7-11-21)27(38)30(41)36-31-32-14-15-33-31/h4-13,17-20,26-27,38H,14-16H2,1-3H3,(H,34,39)(H,35,40)(H2,32,33,36,41). The molecule has 3 atom stereocenters. The zero-order valence-electron chi connectivity index (χ0n) is 24.7. The second kappa shape index (κ2) is 14.1. The molecule has 4 rings (SSSR count). The average molecular weight is 621 g/mol. The number of benzene rings is 3. The van der Waals surface area contributed by atoms with E-state index in [1.807, 2.05) is 36.4 Å². The lowest BCUT2D eigenvalue weighted by Gasteiger charge is -2.25. The number of aliphatic hydroxyl groups excluding tert-OH is 1. The van der Waals surface area contributed by atoms with Crippen LogP contribution in [-0.2, 0) is 21.2 Å². The molecule has 5 N–H and O–H groups in total. The Hall–Kier alpha value is -4.75. The molecule has 0 fully saturated rings. The van der Waals surface area contributed by atoms with Crippen molar-refractivity contribution in [2.75, 3.05) is 30.7 Å². The van der Waals surface area contributed by atoms with Crippen LogP contribution in [0.3, 0.4) is 0 Å². The number of hydrogen-bond acceptors (Lipinski definition) is 8. The van der Waals surface area contributed by atoms with E-state index in [1.165, 1.54) is 25.2 Å². The first kappa shape index (κ1) is 32.2. The van der Waals surface area contributed by atoms with Crippen LogP contribution in [0.1, 0.15) is 44.8 Å². The molecule has 3 amide bonds. The fourth-order valence-corrected chi connectivity index (χ4v) is 5.06. The van der Waals surface area contributed by atoms with Gasteiger partial charge in [0.2, 0.25) is 10.0 Å². The molecule has 0 saturated carbocycles. The van der Waals surface area contributed by atoms with Gasteiger partial charge in [-0.2, -0.15) is 0 Å². The summed E-state index contributed by atoms with van der Waals surface area (Å²) in [5.41, 5.74) is 1.71. The molecule has 3 aromatic rings. The van der Waals surface area contributed by atoms with Crippen LogP contribution in [0.5, 0.6) is 0 Å². The highest BCUT2D eigenvalue weighted by Gasteiger charge is 2.30. The predicted molar refractivity (Wildman–Crippen MR) is 168 cm³/mol. The minimum Gasteiger partial charge on any atom is -0.381 e. The Kier molecular flexibility index (Phi) is 10.3. The van der Waals surface area contributed by atoms with Crippen LogP contribution in [0, 0.1) is 0 Å². The third-order valence-electron chi connectivity index (χ3n) is 7.13. The van der Waals surface area contributed by atoms with Crippen molar-refractivity contribution in [1.29, 1.82) is 0 Å². The second-order valence-corrected chi connectivity index (χ2v) is 12.5. The number of sulfonamides is 1. The fraction of sp³-hybridized carbons (Fsp3) is 0.290. The van der Waals surface area contributed by atoms with E-state index in [-0.39, 0.29) is 35.2 Å². The number of rotatable bonds is 11. The van der Waals surface area contributed by atoms with Gasteiger partial charge in [0.15, 0.2) is 12.1 Å². The summed E-state index contributed by atoms with van der Waals surface area (Å²) in [5, 5.41) is 22.0. The van der Waals surface area contributed by atoms with Crippen LogP contribution in [-0.4, -0.2) is 75.7 Å². The summed E-state index contributed by atoms with van der Waals surface area (Å²) in [6.45, 7) is 2.84. The molecule has 0 saturated heterocycles. The Morgan fingerprint density at radius 2 is 1.55 bits per heavy atom. The quantitative estimate of drug-likeness (QED) is 0.216. The van der Waals surface area contributed by atoms with E-state index in [2.05, 4.69) is 26.3 Å². The SMILES string of the molecule is CC(NC(=O)c1cc(C(=O)NC(Cc2ccccc2)C(O)C(=O)NC2=NCCN2)cc(N(C)S(C)(=O)=O)c1)c1ccccc1. The van der Waals surface area contributed by atoms with Gasteiger partial charge >= 0.3 is 0 Å². The topological polar surface area (TPSA) is 169 Å². The third kappa shape index (κ3) is 8.42. The minimum absolute atomic E-state index is 0.0389. The lowest BCUT2D eigenvalue weighted by molar-refractivity contribution is -0.129. The maximum Gasteiger partial charge on any atom is 0.257 e. The largest absolute Gasteiger partial charge is 0.381 e. The zero-order valence-corrected chi connectivity index (χ0v) is 25.5. The van der Waals surface area contributed by atoms with Crippen molar-refractivity contribution in [3.8, 4) is 0 Å². The van der Waals surface area contributed by atoms with Gasteiger partial charge in [-0.25, -0.2) is 8.42 Å². The van der Waals surface area contributed by atoms with Gasteiger partial charge in [0.05, 0.1) is 30.6 Å². The number of amides is 3. The van der Waals surface area contributed by atoms with Crippen LogP contribution < -0.4 is 25.6 Å². The van der Waals surface area contributed by atoms with Crippen LogP contribution in [0.15, 0.2) is 83.9 Å². The van der Waals surface area contributed by atoms with Gasteiger partial charge in [0.25, 0.3) is 17.7 Å². The lowest BCUT2D eigenvalue weighted by Crippen LogP contribution is -2.53. The summed E-state index contributed by atoms with van der Waals surface area (Å²) < 4.78 is 25.7. The summed E-state index contributed by atoms with van der Waals surface area (Å²) >= 11 is 0. The molecule has 0 spiro atoms. The first-order chi connectivity index (χ1) is 20.9. The number of hydrogen-bond donors (Lipinski definition) is 5. The molecule has 1 heterocycles. The number of aliphatic imine (C=N–C) groups is 1. The van der Waals surface area contributed by atoms with E-state index < -0.39 is 39.9 Å². The number of guanidine groups is 1. The molecule has 1 aliphatic heterocycles. The first-order valence-corrected chi connectivity index (χ1v) is 15.8. The Morgan fingerprint density at radius 1 is 0.955 bits per heavy atom. The lowest BCUT2D eigenvalue weighted by atomic mass is 9.99. The number of carbonyl (C=O) groups excluding carboxylic acids is 3. The Bertz CT molecular complexity index is 1630. The highest BCUT2D eigenvalue weighted by atomic mass is 32.2. The van der Waals surface area contributed by atoms with Crippen molar-refractivity contribution in [1.82, 2.24) is 21.3 Å². The van der Waals surface area contributed by atoms with E-state index in [1.54, 1.807) is 31.2 Å². The second-order valence-electron chi connectivity index (χ2n) is 10.5. The van der Waals surface area contributed by atoms with Gasteiger partial charge in [-0.05, 0) is 42.7 Å². The number of nitrogens with zero attached hydrogens (tertiary/aromatic N) is 2. The molecular weight excluding hydrogens is 584 g/mol. The van der Waals surface area contributed by atoms with Gasteiger partial charge in [0.1, 0.15) is 0 Å². The van der Waals surface area contributed by atoms with Crippen LogP contribution >= 0.6 is 0 Å². The predicted octanol–water partition coefficient (Wildman–Crippen LogP) is 1.35. The Morgan fingerprint density at radius 3 is 2.11 bits per heavy atom. The number of nitrogens with one attached hydrogen (secondary N) is 4. The van der Waals surface area contributed by atoms with Gasteiger partial charge < -0.3 is 21.1 Å². The maximum absolute atomic E-state index is 13.7. The van der Waals surface area contributed by atoms with Crippen molar-refractivity contribution in [3.05, 3.63) is 101 Å².